The van der Waals surface area contributed by atoms with Gasteiger partial charge in [-0.05, 0) is 41.8 Å². The van der Waals surface area contributed by atoms with Crippen molar-refractivity contribution < 1.29 is 23.4 Å². The number of nitrogens with zero attached hydrogens (tertiary/aromatic N) is 1. The fourth-order valence-electron chi connectivity index (χ4n) is 3.05. The van der Waals surface area contributed by atoms with Crippen molar-refractivity contribution in [3.63, 3.8) is 0 Å². The maximum absolute atomic E-state index is 13.1. The van der Waals surface area contributed by atoms with Gasteiger partial charge in [0.1, 0.15) is 18.2 Å². The van der Waals surface area contributed by atoms with Crippen LogP contribution in [0.4, 0.5) is 9.18 Å². The number of methoxy groups -OCH3 is 2. The summed E-state index contributed by atoms with van der Waals surface area (Å²) in [6.45, 7) is 1.74. The van der Waals surface area contributed by atoms with E-state index in [2.05, 4.69) is 5.32 Å². The van der Waals surface area contributed by atoms with Crippen LogP contribution in [-0.2, 0) is 13.0 Å². The van der Waals surface area contributed by atoms with E-state index >= 15 is 0 Å². The molecule has 7 heteroatoms. The van der Waals surface area contributed by atoms with Crippen LogP contribution in [0.5, 0.6) is 17.2 Å². The molecule has 0 fully saturated rings. The predicted molar refractivity (Wildman–Crippen MR) is 99.0 cm³/mol. The van der Waals surface area contributed by atoms with Crippen LogP contribution in [-0.4, -0.2) is 44.8 Å². The zero-order valence-corrected chi connectivity index (χ0v) is 15.5. The number of halogens is 1. The number of nitrogens with one attached hydrogen (secondary N) is 1. The number of rotatable bonds is 6. The van der Waals surface area contributed by atoms with Gasteiger partial charge in [0.25, 0.3) is 0 Å². The smallest absolute Gasteiger partial charge is 0.317 e. The summed E-state index contributed by atoms with van der Waals surface area (Å²) >= 11 is 0. The average Bonchev–Trinajstić information content (AvgIpc) is 2.69. The first-order valence-electron chi connectivity index (χ1n) is 8.75. The van der Waals surface area contributed by atoms with Crippen molar-refractivity contribution in [2.45, 2.75) is 13.0 Å². The van der Waals surface area contributed by atoms with Gasteiger partial charge in [-0.2, -0.15) is 0 Å². The van der Waals surface area contributed by atoms with Crippen molar-refractivity contribution in [2.75, 3.05) is 33.9 Å². The maximum atomic E-state index is 13.1. The van der Waals surface area contributed by atoms with Gasteiger partial charge >= 0.3 is 6.03 Å². The second-order valence-corrected chi connectivity index (χ2v) is 6.19. The second kappa shape index (κ2) is 8.62. The molecule has 0 unspecified atom stereocenters. The van der Waals surface area contributed by atoms with Crippen molar-refractivity contribution in [3.05, 3.63) is 53.3 Å². The van der Waals surface area contributed by atoms with Crippen LogP contribution < -0.4 is 19.5 Å². The first-order valence-corrected chi connectivity index (χ1v) is 8.75. The molecule has 0 bridgehead atoms. The Labute approximate surface area is 157 Å². The summed E-state index contributed by atoms with van der Waals surface area (Å²) < 4.78 is 29.2. The molecule has 2 aromatic carbocycles. The first-order chi connectivity index (χ1) is 13.1. The van der Waals surface area contributed by atoms with Crippen LogP contribution in [0.1, 0.15) is 11.1 Å². The summed E-state index contributed by atoms with van der Waals surface area (Å²) in [5.74, 6) is 1.44. The molecule has 6 nitrogen and oxygen atoms in total. The SMILES string of the molecule is COc1cc2c(cc1OC)CN(C(=O)NCCOc1cccc(F)c1)CC2. The van der Waals surface area contributed by atoms with Crippen LogP contribution in [0.15, 0.2) is 36.4 Å². The molecule has 0 aliphatic carbocycles. The van der Waals surface area contributed by atoms with Crippen LogP contribution >= 0.6 is 0 Å². The molecule has 1 aliphatic heterocycles. The zero-order chi connectivity index (χ0) is 19.2. The molecule has 0 saturated carbocycles. The Kier molecular flexibility index (Phi) is 6.01. The van der Waals surface area contributed by atoms with Crippen molar-refractivity contribution in [3.8, 4) is 17.2 Å². The lowest BCUT2D eigenvalue weighted by Crippen LogP contribution is -2.43. The fourth-order valence-corrected chi connectivity index (χ4v) is 3.05. The van der Waals surface area contributed by atoms with Crippen molar-refractivity contribution in [2.24, 2.45) is 0 Å². The van der Waals surface area contributed by atoms with E-state index in [4.69, 9.17) is 14.2 Å². The van der Waals surface area contributed by atoms with Crippen molar-refractivity contribution in [1.82, 2.24) is 10.2 Å². The van der Waals surface area contributed by atoms with Gasteiger partial charge < -0.3 is 24.4 Å². The first kappa shape index (κ1) is 18.8. The molecule has 144 valence electrons. The summed E-state index contributed by atoms with van der Waals surface area (Å²) in [4.78, 5) is 14.1. The van der Waals surface area contributed by atoms with E-state index in [-0.39, 0.29) is 18.5 Å². The van der Waals surface area contributed by atoms with Crippen molar-refractivity contribution >= 4 is 6.03 Å². The Morgan fingerprint density at radius 2 is 1.89 bits per heavy atom. The molecule has 0 spiro atoms. The van der Waals surface area contributed by atoms with E-state index in [1.54, 1.807) is 31.3 Å². The third-order valence-electron chi connectivity index (χ3n) is 4.45. The minimum atomic E-state index is -0.351. The maximum Gasteiger partial charge on any atom is 0.317 e. The quantitative estimate of drug-likeness (QED) is 0.790. The van der Waals surface area contributed by atoms with Crippen LogP contribution in [0, 0.1) is 5.82 Å². The number of amides is 2. The standard InChI is InChI=1S/C20H23FN2O4/c1-25-18-10-14-6-8-23(13-15(14)11-19(18)26-2)20(24)22-7-9-27-17-5-3-4-16(21)12-17/h3-5,10-12H,6-9,13H2,1-2H3,(H,22,24). The number of benzene rings is 2. The Bertz CT molecular complexity index is 813. The van der Waals surface area contributed by atoms with Gasteiger partial charge in [0.2, 0.25) is 0 Å². The minimum Gasteiger partial charge on any atom is -0.493 e. The van der Waals surface area contributed by atoms with E-state index < -0.39 is 0 Å². The Hall–Kier alpha value is -2.96. The molecule has 1 heterocycles. The molecule has 0 radical (unpaired) electrons. The largest absolute Gasteiger partial charge is 0.493 e. The summed E-state index contributed by atoms with van der Waals surface area (Å²) in [6, 6.07) is 9.65. The molecule has 1 N–H and O–H groups in total. The third-order valence-corrected chi connectivity index (χ3v) is 4.45. The second-order valence-electron chi connectivity index (χ2n) is 6.19. The highest BCUT2D eigenvalue weighted by Crippen LogP contribution is 2.33. The average molecular weight is 374 g/mol. The van der Waals surface area contributed by atoms with Crippen molar-refractivity contribution in [1.29, 1.82) is 0 Å². The number of hydrogen-bond donors (Lipinski definition) is 1. The molecule has 0 aromatic heterocycles. The van der Waals surface area contributed by atoms with E-state index in [0.29, 0.717) is 36.9 Å². The third kappa shape index (κ3) is 4.61. The molecular weight excluding hydrogens is 351 g/mol. The van der Waals surface area contributed by atoms with Gasteiger partial charge in [-0.3, -0.25) is 0 Å². The molecule has 2 aromatic rings. The zero-order valence-electron chi connectivity index (χ0n) is 15.5. The summed E-state index contributed by atoms with van der Waals surface area (Å²) in [7, 11) is 3.20. The van der Waals surface area contributed by atoms with Gasteiger partial charge in [0.15, 0.2) is 11.5 Å². The number of carbonyl (C=O) groups excluding carboxylic acids is 1. The van der Waals surface area contributed by atoms with E-state index in [1.807, 2.05) is 12.1 Å². The van der Waals surface area contributed by atoms with Gasteiger partial charge in [-0.25, -0.2) is 9.18 Å². The van der Waals surface area contributed by atoms with Crippen LogP contribution in [0.2, 0.25) is 0 Å². The molecule has 0 saturated heterocycles. The topological polar surface area (TPSA) is 60.0 Å². The normalized spacial score (nSPS) is 12.9. The molecule has 2 amide bonds. The molecular formula is C20H23FN2O4. The molecule has 0 atom stereocenters. The minimum absolute atomic E-state index is 0.154. The number of hydrogen-bond acceptors (Lipinski definition) is 4. The van der Waals surface area contributed by atoms with Gasteiger partial charge in [-0.15, -0.1) is 0 Å². The molecule has 3 rings (SSSR count). The summed E-state index contributed by atoms with van der Waals surface area (Å²) in [5, 5.41) is 2.83. The van der Waals surface area contributed by atoms with Gasteiger partial charge in [0, 0.05) is 19.2 Å². The fraction of sp³-hybridized carbons (Fsp3) is 0.350. The molecule has 27 heavy (non-hydrogen) atoms. The number of carbonyl (C=O) groups is 1. The lowest BCUT2D eigenvalue weighted by Gasteiger charge is -2.29. The summed E-state index contributed by atoms with van der Waals surface area (Å²) in [6.07, 6.45) is 0.753. The highest BCUT2D eigenvalue weighted by molar-refractivity contribution is 5.74. The Morgan fingerprint density at radius 3 is 2.59 bits per heavy atom. The number of fused-ring (bicyclic) bond motifs is 1. The number of ether oxygens (including phenoxy) is 3. The lowest BCUT2D eigenvalue weighted by atomic mass is 9.99. The lowest BCUT2D eigenvalue weighted by molar-refractivity contribution is 0.189. The van der Waals surface area contributed by atoms with Crippen LogP contribution in [0.3, 0.4) is 0 Å². The van der Waals surface area contributed by atoms with E-state index in [9.17, 15) is 9.18 Å². The Morgan fingerprint density at radius 1 is 1.15 bits per heavy atom. The molecule has 1 aliphatic rings. The monoisotopic (exact) mass is 374 g/mol. The van der Waals surface area contributed by atoms with Gasteiger partial charge in [0.05, 0.1) is 20.8 Å². The summed E-state index contributed by atoms with van der Waals surface area (Å²) in [5.41, 5.74) is 2.20. The number of urea groups is 1. The Balaban J connectivity index is 1.51. The van der Waals surface area contributed by atoms with E-state index in [1.165, 1.54) is 12.1 Å². The van der Waals surface area contributed by atoms with E-state index in [0.717, 1.165) is 17.5 Å². The predicted octanol–water partition coefficient (Wildman–Crippen LogP) is 2.99. The van der Waals surface area contributed by atoms with Gasteiger partial charge in [-0.1, -0.05) is 6.07 Å². The van der Waals surface area contributed by atoms with Crippen LogP contribution in [0.25, 0.3) is 0 Å². The highest BCUT2D eigenvalue weighted by atomic mass is 19.1. The highest BCUT2D eigenvalue weighted by Gasteiger charge is 2.22.